The number of fused-ring (bicyclic) bond motifs is 8. The average Bonchev–Trinajstić information content (AvgIpc) is 3.29. The summed E-state index contributed by atoms with van der Waals surface area (Å²) in [6.45, 7) is 16.5. The number of aromatic nitrogens is 1. The molecule has 236 valence electrons. The number of carbonyl (C=O) groups is 2. The molecule has 1 amide bonds. The van der Waals surface area contributed by atoms with Gasteiger partial charge in [0.05, 0.1) is 23.4 Å². The SMILES string of the molecule is CC(C)C1=C2C3CCC4[C@@]5(C)CC[C@H](O)C(C)(C)C5CC[C@@]4(C)[C@]3(C)CC[C@@]2(C(=O)Nc2cncc3ccccc23)CC1=O. The number of pyridine rings is 1. The van der Waals surface area contributed by atoms with Gasteiger partial charge in [0, 0.05) is 23.4 Å². The van der Waals surface area contributed by atoms with E-state index in [1.54, 1.807) is 6.20 Å². The van der Waals surface area contributed by atoms with Crippen LogP contribution in [-0.4, -0.2) is 27.9 Å². The van der Waals surface area contributed by atoms with Crippen LogP contribution in [0.5, 0.6) is 0 Å². The highest BCUT2D eigenvalue weighted by molar-refractivity contribution is 6.11. The number of carbonyl (C=O) groups excluding carboxylic acids is 2. The summed E-state index contributed by atoms with van der Waals surface area (Å²) in [6.07, 6.45) is 11.8. The van der Waals surface area contributed by atoms with E-state index in [1.807, 2.05) is 30.5 Å². The van der Waals surface area contributed by atoms with Gasteiger partial charge in [-0.1, -0.05) is 72.7 Å². The molecule has 5 aliphatic rings. The molecule has 0 spiro atoms. The fourth-order valence-electron chi connectivity index (χ4n) is 12.3. The van der Waals surface area contributed by atoms with Gasteiger partial charge >= 0.3 is 0 Å². The van der Waals surface area contributed by atoms with Crippen molar-refractivity contribution >= 4 is 28.2 Å². The summed E-state index contributed by atoms with van der Waals surface area (Å²) in [5.41, 5.74) is 2.30. The van der Waals surface area contributed by atoms with Gasteiger partial charge in [0.1, 0.15) is 0 Å². The van der Waals surface area contributed by atoms with Crippen molar-refractivity contribution in [2.24, 2.45) is 50.7 Å². The molecule has 4 saturated carbocycles. The van der Waals surface area contributed by atoms with E-state index in [-0.39, 0.29) is 51.3 Å². The Kier molecular flexibility index (Phi) is 6.67. The van der Waals surface area contributed by atoms with Crippen LogP contribution in [0.25, 0.3) is 10.8 Å². The number of nitrogens with one attached hydrogen (secondary N) is 1. The smallest absolute Gasteiger partial charge is 0.235 e. The highest BCUT2D eigenvalue weighted by Gasteiger charge is 2.70. The topological polar surface area (TPSA) is 79.3 Å². The summed E-state index contributed by atoms with van der Waals surface area (Å²) in [4.78, 5) is 33.1. The lowest BCUT2D eigenvalue weighted by molar-refractivity contribution is -0.228. The minimum atomic E-state index is -0.793. The molecule has 4 fully saturated rings. The van der Waals surface area contributed by atoms with Crippen LogP contribution in [0.2, 0.25) is 0 Å². The molecule has 3 unspecified atom stereocenters. The number of amides is 1. The molecule has 5 heteroatoms. The number of Topliss-reactive ketones (excluding diaryl/α,β-unsaturated/α-hetero) is 1. The van der Waals surface area contributed by atoms with Gasteiger partial charge in [-0.15, -0.1) is 0 Å². The Bertz CT molecular complexity index is 1570. The number of rotatable bonds is 3. The first-order chi connectivity index (χ1) is 20.7. The summed E-state index contributed by atoms with van der Waals surface area (Å²) >= 11 is 0. The Morgan fingerprint density at radius 2 is 1.66 bits per heavy atom. The number of aliphatic hydroxyl groups excluding tert-OH is 1. The molecule has 1 heterocycles. The van der Waals surface area contributed by atoms with Crippen LogP contribution in [0, 0.1) is 50.7 Å². The van der Waals surface area contributed by atoms with Crippen molar-refractivity contribution in [3.63, 3.8) is 0 Å². The Balaban J connectivity index is 1.30. The second-order valence-corrected chi connectivity index (χ2v) is 17.0. The fourth-order valence-corrected chi connectivity index (χ4v) is 12.3. The van der Waals surface area contributed by atoms with Gasteiger partial charge in [-0.05, 0) is 108 Å². The molecule has 1 aromatic carbocycles. The molecule has 2 N–H and O–H groups in total. The summed E-state index contributed by atoms with van der Waals surface area (Å²) in [7, 11) is 0. The molecule has 0 aliphatic heterocycles. The summed E-state index contributed by atoms with van der Waals surface area (Å²) in [5.74, 6) is 1.55. The standard InChI is InChI=1S/C39H52N2O3/c1-23(2)32-28(42)20-39(34(44)41-27-22-40-21-24-10-8-9-11-25(24)27)19-18-37(6)26(33(32)39)12-13-30-36(5)16-15-31(43)35(3,4)29(36)14-17-38(30,37)7/h8-11,21-23,26,29-31,43H,12-20H2,1-7H3,(H,41,44)/t26?,29?,30?,31-,36-,37+,38+,39+/m0/s1. The van der Waals surface area contributed by atoms with E-state index in [0.29, 0.717) is 24.7 Å². The Morgan fingerprint density at radius 1 is 0.909 bits per heavy atom. The van der Waals surface area contributed by atoms with Gasteiger partial charge in [0.25, 0.3) is 0 Å². The van der Waals surface area contributed by atoms with Gasteiger partial charge < -0.3 is 10.4 Å². The highest BCUT2D eigenvalue weighted by atomic mass is 16.3. The van der Waals surface area contributed by atoms with Crippen LogP contribution in [0.3, 0.4) is 0 Å². The first-order valence-electron chi connectivity index (χ1n) is 17.3. The predicted octanol–water partition coefficient (Wildman–Crippen LogP) is 8.51. The third kappa shape index (κ3) is 3.77. The third-order valence-corrected chi connectivity index (χ3v) is 14.8. The minimum Gasteiger partial charge on any atom is -0.393 e. The lowest BCUT2D eigenvalue weighted by Gasteiger charge is -2.72. The van der Waals surface area contributed by atoms with Gasteiger partial charge in [0.2, 0.25) is 5.91 Å². The van der Waals surface area contributed by atoms with Crippen molar-refractivity contribution in [1.82, 2.24) is 4.98 Å². The van der Waals surface area contributed by atoms with E-state index in [2.05, 4.69) is 58.8 Å². The maximum atomic E-state index is 14.7. The van der Waals surface area contributed by atoms with Gasteiger partial charge in [0.15, 0.2) is 5.78 Å². The van der Waals surface area contributed by atoms with Crippen molar-refractivity contribution in [1.29, 1.82) is 0 Å². The Labute approximate surface area is 263 Å². The summed E-state index contributed by atoms with van der Waals surface area (Å²) < 4.78 is 0. The fraction of sp³-hybridized carbons (Fsp3) is 0.667. The Morgan fingerprint density at radius 3 is 2.41 bits per heavy atom. The molecule has 44 heavy (non-hydrogen) atoms. The average molecular weight is 597 g/mol. The number of hydrogen-bond acceptors (Lipinski definition) is 4. The normalized spacial score (nSPS) is 41.2. The number of benzene rings is 1. The summed E-state index contributed by atoms with van der Waals surface area (Å²) in [6, 6.07) is 8.03. The zero-order chi connectivity index (χ0) is 31.4. The molecular weight excluding hydrogens is 544 g/mol. The molecule has 1 aromatic heterocycles. The number of allylic oxidation sites excluding steroid dienone is 1. The Hall–Kier alpha value is -2.53. The highest BCUT2D eigenvalue weighted by Crippen LogP contribution is 2.76. The van der Waals surface area contributed by atoms with Gasteiger partial charge in [-0.25, -0.2) is 0 Å². The van der Waals surface area contributed by atoms with Crippen LogP contribution in [0.15, 0.2) is 47.8 Å². The molecule has 7 rings (SSSR count). The monoisotopic (exact) mass is 596 g/mol. The maximum absolute atomic E-state index is 14.7. The number of aliphatic hydroxyl groups is 1. The van der Waals surface area contributed by atoms with Crippen molar-refractivity contribution in [3.05, 3.63) is 47.8 Å². The van der Waals surface area contributed by atoms with Crippen molar-refractivity contribution in [2.45, 2.75) is 112 Å². The van der Waals surface area contributed by atoms with Crippen molar-refractivity contribution in [3.8, 4) is 0 Å². The van der Waals surface area contributed by atoms with Gasteiger partial charge in [-0.2, -0.15) is 0 Å². The molecule has 5 aliphatic carbocycles. The zero-order valence-electron chi connectivity index (χ0n) is 27.9. The third-order valence-electron chi connectivity index (χ3n) is 14.8. The molecule has 5 nitrogen and oxygen atoms in total. The van der Waals surface area contributed by atoms with E-state index < -0.39 is 5.41 Å². The van der Waals surface area contributed by atoms with E-state index in [0.717, 1.165) is 67.0 Å². The van der Waals surface area contributed by atoms with Crippen LogP contribution in [0.4, 0.5) is 5.69 Å². The zero-order valence-corrected chi connectivity index (χ0v) is 27.9. The van der Waals surface area contributed by atoms with E-state index in [9.17, 15) is 14.7 Å². The molecular formula is C39H52N2O3. The first-order valence-corrected chi connectivity index (χ1v) is 17.3. The quantitative estimate of drug-likeness (QED) is 0.372. The second kappa shape index (κ2) is 9.74. The van der Waals surface area contributed by atoms with E-state index in [1.165, 1.54) is 5.57 Å². The van der Waals surface area contributed by atoms with Gasteiger partial charge in [-0.3, -0.25) is 14.6 Å². The van der Waals surface area contributed by atoms with Crippen LogP contribution >= 0.6 is 0 Å². The lowest BCUT2D eigenvalue weighted by atomic mass is 9.33. The summed E-state index contributed by atoms with van der Waals surface area (Å²) in [5, 5.41) is 16.3. The lowest BCUT2D eigenvalue weighted by Crippen LogP contribution is -2.66. The molecule has 0 saturated heterocycles. The molecule has 2 aromatic rings. The van der Waals surface area contributed by atoms with E-state index in [4.69, 9.17) is 0 Å². The number of anilines is 1. The van der Waals surface area contributed by atoms with Crippen LogP contribution in [0.1, 0.15) is 106 Å². The number of hydrogen-bond donors (Lipinski definition) is 2. The molecule has 8 atom stereocenters. The predicted molar refractivity (Wildman–Crippen MR) is 176 cm³/mol. The largest absolute Gasteiger partial charge is 0.393 e. The van der Waals surface area contributed by atoms with Crippen LogP contribution < -0.4 is 5.32 Å². The van der Waals surface area contributed by atoms with Crippen molar-refractivity contribution < 1.29 is 14.7 Å². The second-order valence-electron chi connectivity index (χ2n) is 17.0. The molecule has 0 radical (unpaired) electrons. The van der Waals surface area contributed by atoms with Crippen LogP contribution in [-0.2, 0) is 9.59 Å². The minimum absolute atomic E-state index is 0.00890. The first kappa shape index (κ1) is 30.1. The maximum Gasteiger partial charge on any atom is 0.235 e. The number of nitrogens with zero attached hydrogens (tertiary/aromatic N) is 1. The van der Waals surface area contributed by atoms with E-state index >= 15 is 0 Å². The number of ketones is 1. The molecule has 0 bridgehead atoms. The van der Waals surface area contributed by atoms with Crippen molar-refractivity contribution in [2.75, 3.05) is 5.32 Å².